The highest BCUT2D eigenvalue weighted by Crippen LogP contribution is 2.26. The molecule has 1 rings (SSSR count). The molecule has 0 aliphatic heterocycles. The Morgan fingerprint density at radius 2 is 2.12 bits per heavy atom. The largest absolute Gasteiger partial charge is 0.478 e. The van der Waals surface area contributed by atoms with E-state index in [2.05, 4.69) is 25.7 Å². The van der Waals surface area contributed by atoms with E-state index < -0.39 is 5.97 Å². The van der Waals surface area contributed by atoms with E-state index in [-0.39, 0.29) is 5.56 Å². The zero-order valence-electron chi connectivity index (χ0n) is 10.6. The number of carboxylic acids is 1. The molecular weight excluding hydrogens is 216 g/mol. The van der Waals surface area contributed by atoms with Crippen molar-refractivity contribution in [1.82, 2.24) is 0 Å². The van der Waals surface area contributed by atoms with Gasteiger partial charge in [0.25, 0.3) is 0 Å². The maximum absolute atomic E-state index is 10.8. The molecule has 1 unspecified atom stereocenters. The number of benzene rings is 1. The lowest BCUT2D eigenvalue weighted by atomic mass is 10.1. The molecule has 4 nitrogen and oxygen atoms in total. The Kier molecular flexibility index (Phi) is 4.37. The summed E-state index contributed by atoms with van der Waals surface area (Å²) in [6.07, 6.45) is 1.02. The molecular formula is C13H20N2O2. The van der Waals surface area contributed by atoms with Gasteiger partial charge in [-0.15, -0.1) is 0 Å². The smallest absolute Gasteiger partial charge is 0.335 e. The van der Waals surface area contributed by atoms with Crippen LogP contribution >= 0.6 is 0 Å². The van der Waals surface area contributed by atoms with E-state index in [4.69, 9.17) is 10.8 Å². The van der Waals surface area contributed by atoms with Crippen molar-refractivity contribution in [3.05, 3.63) is 23.8 Å². The molecule has 1 aromatic carbocycles. The fourth-order valence-electron chi connectivity index (χ4n) is 1.89. The first kappa shape index (κ1) is 13.4. The number of hydrogen-bond acceptors (Lipinski definition) is 3. The Bertz CT molecular complexity index is 404. The number of anilines is 2. The number of rotatable bonds is 5. The summed E-state index contributed by atoms with van der Waals surface area (Å²) in [4.78, 5) is 13.0. The van der Waals surface area contributed by atoms with E-state index in [1.54, 1.807) is 12.1 Å². The van der Waals surface area contributed by atoms with E-state index in [0.717, 1.165) is 18.7 Å². The van der Waals surface area contributed by atoms with E-state index in [1.807, 2.05) is 0 Å². The lowest BCUT2D eigenvalue weighted by Crippen LogP contribution is -2.32. The standard InChI is InChI=1S/C13H20N2O2/c1-4-9(3)15(5-2)12-7-6-10(13(16)17)8-11(12)14/h6-9H,4-5,14H2,1-3H3,(H,16,17). The lowest BCUT2D eigenvalue weighted by molar-refractivity contribution is 0.0697. The summed E-state index contributed by atoms with van der Waals surface area (Å²) in [5.74, 6) is -0.949. The SMILES string of the molecule is CCC(C)N(CC)c1ccc(C(=O)O)cc1N. The Balaban J connectivity index is 3.09. The maximum Gasteiger partial charge on any atom is 0.335 e. The van der Waals surface area contributed by atoms with Crippen LogP contribution in [0.4, 0.5) is 11.4 Å². The van der Waals surface area contributed by atoms with Gasteiger partial charge in [-0.3, -0.25) is 0 Å². The summed E-state index contributed by atoms with van der Waals surface area (Å²) < 4.78 is 0. The normalized spacial score (nSPS) is 12.2. The molecule has 0 spiro atoms. The number of hydrogen-bond donors (Lipinski definition) is 2. The molecule has 0 saturated carbocycles. The van der Waals surface area contributed by atoms with Gasteiger partial charge in [0, 0.05) is 12.6 Å². The molecule has 1 atom stereocenters. The minimum atomic E-state index is -0.949. The van der Waals surface area contributed by atoms with E-state index in [9.17, 15) is 4.79 Å². The molecule has 0 radical (unpaired) electrons. The molecule has 0 aliphatic carbocycles. The van der Waals surface area contributed by atoms with Crippen molar-refractivity contribution in [3.8, 4) is 0 Å². The molecule has 0 heterocycles. The van der Waals surface area contributed by atoms with Crippen LogP contribution in [0.3, 0.4) is 0 Å². The van der Waals surface area contributed by atoms with E-state index in [0.29, 0.717) is 11.7 Å². The van der Waals surface area contributed by atoms with Crippen LogP contribution in [-0.4, -0.2) is 23.7 Å². The average Bonchev–Trinajstić information content (AvgIpc) is 2.31. The van der Waals surface area contributed by atoms with Crippen LogP contribution in [0.15, 0.2) is 18.2 Å². The van der Waals surface area contributed by atoms with Crippen molar-refractivity contribution in [2.75, 3.05) is 17.2 Å². The molecule has 0 amide bonds. The van der Waals surface area contributed by atoms with Gasteiger partial charge in [0.1, 0.15) is 0 Å². The van der Waals surface area contributed by atoms with Crippen molar-refractivity contribution in [3.63, 3.8) is 0 Å². The van der Waals surface area contributed by atoms with Crippen molar-refractivity contribution < 1.29 is 9.90 Å². The molecule has 94 valence electrons. The van der Waals surface area contributed by atoms with Crippen LogP contribution < -0.4 is 10.6 Å². The highest BCUT2D eigenvalue weighted by Gasteiger charge is 2.15. The second-order valence-electron chi connectivity index (χ2n) is 4.12. The summed E-state index contributed by atoms with van der Waals surface area (Å²) in [6, 6.07) is 5.29. The highest BCUT2D eigenvalue weighted by atomic mass is 16.4. The molecule has 4 heteroatoms. The van der Waals surface area contributed by atoms with Gasteiger partial charge in [0.2, 0.25) is 0 Å². The third-order valence-corrected chi connectivity index (χ3v) is 3.05. The summed E-state index contributed by atoms with van der Waals surface area (Å²) in [5.41, 5.74) is 7.58. The lowest BCUT2D eigenvalue weighted by Gasteiger charge is -2.30. The molecule has 0 fully saturated rings. The van der Waals surface area contributed by atoms with Gasteiger partial charge >= 0.3 is 5.97 Å². The minimum Gasteiger partial charge on any atom is -0.478 e. The summed E-state index contributed by atoms with van der Waals surface area (Å²) in [6.45, 7) is 7.17. The minimum absolute atomic E-state index is 0.228. The number of carbonyl (C=O) groups is 1. The van der Waals surface area contributed by atoms with Crippen molar-refractivity contribution >= 4 is 17.3 Å². The Labute approximate surface area is 102 Å². The average molecular weight is 236 g/mol. The first-order valence-corrected chi connectivity index (χ1v) is 5.90. The first-order valence-electron chi connectivity index (χ1n) is 5.90. The van der Waals surface area contributed by atoms with E-state index >= 15 is 0 Å². The van der Waals surface area contributed by atoms with Crippen molar-refractivity contribution in [1.29, 1.82) is 0 Å². The Morgan fingerprint density at radius 3 is 2.53 bits per heavy atom. The zero-order valence-corrected chi connectivity index (χ0v) is 10.6. The molecule has 0 aromatic heterocycles. The Hall–Kier alpha value is -1.71. The fourth-order valence-corrected chi connectivity index (χ4v) is 1.89. The van der Waals surface area contributed by atoms with Gasteiger partial charge in [-0.2, -0.15) is 0 Å². The number of aromatic carboxylic acids is 1. The second kappa shape index (κ2) is 5.57. The predicted molar refractivity (Wildman–Crippen MR) is 70.6 cm³/mol. The van der Waals surface area contributed by atoms with Gasteiger partial charge in [-0.25, -0.2) is 4.79 Å². The molecule has 1 aromatic rings. The maximum atomic E-state index is 10.8. The third kappa shape index (κ3) is 2.90. The monoisotopic (exact) mass is 236 g/mol. The topological polar surface area (TPSA) is 66.6 Å². The van der Waals surface area contributed by atoms with Crippen LogP contribution in [0.1, 0.15) is 37.6 Å². The van der Waals surface area contributed by atoms with Crippen LogP contribution in [0.2, 0.25) is 0 Å². The van der Waals surface area contributed by atoms with Crippen molar-refractivity contribution in [2.24, 2.45) is 0 Å². The van der Waals surface area contributed by atoms with Crippen molar-refractivity contribution in [2.45, 2.75) is 33.2 Å². The zero-order chi connectivity index (χ0) is 13.0. The third-order valence-electron chi connectivity index (χ3n) is 3.05. The summed E-state index contributed by atoms with van der Waals surface area (Å²) in [5, 5.41) is 8.88. The van der Waals surface area contributed by atoms with Crippen LogP contribution in [0.5, 0.6) is 0 Å². The molecule has 17 heavy (non-hydrogen) atoms. The van der Waals surface area contributed by atoms with Crippen LogP contribution in [-0.2, 0) is 0 Å². The second-order valence-corrected chi connectivity index (χ2v) is 4.12. The molecule has 0 bridgehead atoms. The number of nitrogen functional groups attached to an aromatic ring is 1. The van der Waals surface area contributed by atoms with Gasteiger partial charge < -0.3 is 15.7 Å². The van der Waals surface area contributed by atoms with Crippen LogP contribution in [0, 0.1) is 0 Å². The quantitative estimate of drug-likeness (QED) is 0.771. The van der Waals surface area contributed by atoms with E-state index in [1.165, 1.54) is 6.07 Å². The van der Waals surface area contributed by atoms with Gasteiger partial charge in [-0.1, -0.05) is 6.92 Å². The summed E-state index contributed by atoms with van der Waals surface area (Å²) >= 11 is 0. The molecule has 0 saturated heterocycles. The number of carboxylic acid groups (broad SMARTS) is 1. The van der Waals surface area contributed by atoms with Gasteiger partial charge in [-0.05, 0) is 38.5 Å². The highest BCUT2D eigenvalue weighted by molar-refractivity contribution is 5.90. The predicted octanol–water partition coefficient (Wildman–Crippen LogP) is 2.59. The van der Waals surface area contributed by atoms with Gasteiger partial charge in [0.05, 0.1) is 16.9 Å². The number of nitrogens with two attached hydrogens (primary N) is 1. The first-order chi connectivity index (χ1) is 8.01. The molecule has 0 aliphatic rings. The fraction of sp³-hybridized carbons (Fsp3) is 0.462. The molecule has 3 N–H and O–H groups in total. The number of nitrogens with zero attached hydrogens (tertiary/aromatic N) is 1. The Morgan fingerprint density at radius 1 is 1.47 bits per heavy atom. The summed E-state index contributed by atoms with van der Waals surface area (Å²) in [7, 11) is 0. The van der Waals surface area contributed by atoms with Gasteiger partial charge in [0.15, 0.2) is 0 Å². The van der Waals surface area contributed by atoms with Crippen LogP contribution in [0.25, 0.3) is 0 Å².